The van der Waals surface area contributed by atoms with Crippen molar-refractivity contribution in [3.8, 4) is 5.75 Å². The monoisotopic (exact) mass is 235 g/mol. The molecule has 0 radical (unpaired) electrons. The van der Waals surface area contributed by atoms with E-state index in [1.165, 1.54) is 0 Å². The van der Waals surface area contributed by atoms with E-state index >= 15 is 0 Å². The van der Waals surface area contributed by atoms with Crippen molar-refractivity contribution in [2.75, 3.05) is 26.8 Å². The molecule has 1 saturated heterocycles. The highest BCUT2D eigenvalue weighted by Gasteiger charge is 2.26. The number of carbonyl (C=O) groups excluding carboxylic acids is 1. The SMILES string of the molecule is COc1cccc(C(=O)N2CC[C@H](CO)C2)c1. The number of hydrogen-bond acceptors (Lipinski definition) is 3. The van der Waals surface area contributed by atoms with Crippen molar-refractivity contribution < 1.29 is 14.6 Å². The Labute approximate surface area is 101 Å². The predicted molar refractivity (Wildman–Crippen MR) is 64.1 cm³/mol. The first-order valence-electron chi connectivity index (χ1n) is 5.78. The Morgan fingerprint density at radius 1 is 1.59 bits per heavy atom. The number of amides is 1. The molecule has 2 rings (SSSR count). The molecule has 1 aliphatic rings. The van der Waals surface area contributed by atoms with Crippen LogP contribution in [0, 0.1) is 5.92 Å². The quantitative estimate of drug-likeness (QED) is 0.855. The number of ether oxygens (including phenoxy) is 1. The van der Waals surface area contributed by atoms with E-state index in [9.17, 15) is 4.79 Å². The van der Waals surface area contributed by atoms with Gasteiger partial charge in [0.1, 0.15) is 5.75 Å². The van der Waals surface area contributed by atoms with Gasteiger partial charge in [-0.1, -0.05) is 6.07 Å². The van der Waals surface area contributed by atoms with Gasteiger partial charge in [-0.2, -0.15) is 0 Å². The molecule has 0 unspecified atom stereocenters. The molecule has 1 aromatic rings. The molecule has 0 spiro atoms. The standard InChI is InChI=1S/C13H17NO3/c1-17-12-4-2-3-11(7-12)13(16)14-6-5-10(8-14)9-15/h2-4,7,10,15H,5-6,8-9H2,1H3/t10-/m0/s1. The van der Waals surface area contributed by atoms with Crippen molar-refractivity contribution >= 4 is 5.91 Å². The second-order valence-corrected chi connectivity index (χ2v) is 4.32. The fourth-order valence-electron chi connectivity index (χ4n) is 2.10. The molecule has 1 atom stereocenters. The fraction of sp³-hybridized carbons (Fsp3) is 0.462. The van der Waals surface area contributed by atoms with Gasteiger partial charge in [0.2, 0.25) is 0 Å². The van der Waals surface area contributed by atoms with E-state index in [2.05, 4.69) is 0 Å². The van der Waals surface area contributed by atoms with Crippen LogP contribution in [0.25, 0.3) is 0 Å². The number of carbonyl (C=O) groups is 1. The first-order chi connectivity index (χ1) is 8.24. The van der Waals surface area contributed by atoms with Crippen molar-refractivity contribution in [3.05, 3.63) is 29.8 Å². The normalized spacial score (nSPS) is 19.4. The van der Waals surface area contributed by atoms with Crippen LogP contribution in [0.15, 0.2) is 24.3 Å². The molecule has 4 nitrogen and oxygen atoms in total. The van der Waals surface area contributed by atoms with Crippen molar-refractivity contribution in [1.82, 2.24) is 4.90 Å². The molecular formula is C13H17NO3. The summed E-state index contributed by atoms with van der Waals surface area (Å²) in [6.45, 7) is 1.52. The molecule has 92 valence electrons. The Morgan fingerprint density at radius 2 is 2.41 bits per heavy atom. The second kappa shape index (κ2) is 5.19. The maximum atomic E-state index is 12.2. The van der Waals surface area contributed by atoms with Gasteiger partial charge >= 0.3 is 0 Å². The number of methoxy groups -OCH3 is 1. The van der Waals surface area contributed by atoms with Gasteiger partial charge in [0.25, 0.3) is 5.91 Å². The third kappa shape index (κ3) is 2.58. The summed E-state index contributed by atoms with van der Waals surface area (Å²) >= 11 is 0. The van der Waals surface area contributed by atoms with E-state index in [-0.39, 0.29) is 18.4 Å². The van der Waals surface area contributed by atoms with Crippen LogP contribution in [0.3, 0.4) is 0 Å². The molecule has 1 fully saturated rings. The number of aliphatic hydroxyl groups excluding tert-OH is 1. The van der Waals surface area contributed by atoms with E-state index < -0.39 is 0 Å². The largest absolute Gasteiger partial charge is 0.497 e. The van der Waals surface area contributed by atoms with Crippen molar-refractivity contribution in [3.63, 3.8) is 0 Å². The summed E-state index contributed by atoms with van der Waals surface area (Å²) in [6, 6.07) is 7.16. The van der Waals surface area contributed by atoms with Crippen LogP contribution < -0.4 is 4.74 Å². The van der Waals surface area contributed by atoms with E-state index in [1.807, 2.05) is 12.1 Å². The fourth-order valence-corrected chi connectivity index (χ4v) is 2.10. The zero-order chi connectivity index (χ0) is 12.3. The lowest BCUT2D eigenvalue weighted by Gasteiger charge is -2.16. The lowest BCUT2D eigenvalue weighted by Crippen LogP contribution is -2.29. The Hall–Kier alpha value is -1.55. The molecule has 1 aromatic carbocycles. The van der Waals surface area contributed by atoms with Crippen molar-refractivity contribution in [2.45, 2.75) is 6.42 Å². The van der Waals surface area contributed by atoms with Crippen LogP contribution in [0.2, 0.25) is 0 Å². The van der Waals surface area contributed by atoms with Gasteiger partial charge in [-0.25, -0.2) is 0 Å². The van der Waals surface area contributed by atoms with Gasteiger partial charge in [-0.15, -0.1) is 0 Å². The van der Waals surface area contributed by atoms with E-state index in [0.29, 0.717) is 17.9 Å². The van der Waals surface area contributed by atoms with E-state index in [1.54, 1.807) is 24.1 Å². The summed E-state index contributed by atoms with van der Waals surface area (Å²) in [7, 11) is 1.58. The maximum absolute atomic E-state index is 12.2. The summed E-state index contributed by atoms with van der Waals surface area (Å²) in [5, 5.41) is 9.06. The zero-order valence-electron chi connectivity index (χ0n) is 9.93. The molecule has 17 heavy (non-hydrogen) atoms. The summed E-state index contributed by atoms with van der Waals surface area (Å²) < 4.78 is 5.10. The van der Waals surface area contributed by atoms with Crippen molar-refractivity contribution in [1.29, 1.82) is 0 Å². The molecule has 0 aliphatic carbocycles. The highest BCUT2D eigenvalue weighted by atomic mass is 16.5. The van der Waals surface area contributed by atoms with Gasteiger partial charge in [0.05, 0.1) is 7.11 Å². The van der Waals surface area contributed by atoms with Crippen LogP contribution in [0.4, 0.5) is 0 Å². The maximum Gasteiger partial charge on any atom is 0.253 e. The molecule has 0 bridgehead atoms. The summed E-state index contributed by atoms with van der Waals surface area (Å²) in [5.74, 6) is 0.929. The van der Waals surface area contributed by atoms with Gasteiger partial charge < -0.3 is 14.7 Å². The first-order valence-corrected chi connectivity index (χ1v) is 5.78. The molecular weight excluding hydrogens is 218 g/mol. The van der Waals surface area contributed by atoms with Gasteiger partial charge in [0, 0.05) is 31.2 Å². The first kappa shape index (κ1) is 11.9. The highest BCUT2D eigenvalue weighted by molar-refractivity contribution is 5.94. The van der Waals surface area contributed by atoms with E-state index in [0.717, 1.165) is 13.0 Å². The number of likely N-dealkylation sites (tertiary alicyclic amines) is 1. The average molecular weight is 235 g/mol. The van der Waals surface area contributed by atoms with Gasteiger partial charge in [0.15, 0.2) is 0 Å². The molecule has 1 amide bonds. The highest BCUT2D eigenvalue weighted by Crippen LogP contribution is 2.20. The number of benzene rings is 1. The van der Waals surface area contributed by atoms with Gasteiger partial charge in [-0.05, 0) is 24.6 Å². The zero-order valence-corrected chi connectivity index (χ0v) is 9.93. The molecule has 0 aromatic heterocycles. The second-order valence-electron chi connectivity index (χ2n) is 4.32. The lowest BCUT2D eigenvalue weighted by molar-refractivity contribution is 0.0781. The minimum Gasteiger partial charge on any atom is -0.497 e. The summed E-state index contributed by atoms with van der Waals surface area (Å²) in [6.07, 6.45) is 0.881. The summed E-state index contributed by atoms with van der Waals surface area (Å²) in [4.78, 5) is 14.0. The Balaban J connectivity index is 2.09. The molecule has 0 saturated carbocycles. The van der Waals surface area contributed by atoms with Crippen LogP contribution in [0.1, 0.15) is 16.8 Å². The minimum atomic E-state index is 0.0138. The van der Waals surface area contributed by atoms with Crippen LogP contribution >= 0.6 is 0 Å². The predicted octanol–water partition coefficient (Wildman–Crippen LogP) is 1.15. The Morgan fingerprint density at radius 3 is 3.06 bits per heavy atom. The molecule has 1 heterocycles. The number of rotatable bonds is 3. The third-order valence-electron chi connectivity index (χ3n) is 3.15. The summed E-state index contributed by atoms with van der Waals surface area (Å²) in [5.41, 5.74) is 0.642. The average Bonchev–Trinajstić information content (AvgIpc) is 2.86. The Kier molecular flexibility index (Phi) is 3.64. The van der Waals surface area contributed by atoms with Crippen LogP contribution in [-0.2, 0) is 0 Å². The third-order valence-corrected chi connectivity index (χ3v) is 3.15. The Bertz CT molecular complexity index is 405. The minimum absolute atomic E-state index is 0.0138. The smallest absolute Gasteiger partial charge is 0.253 e. The van der Waals surface area contributed by atoms with Crippen LogP contribution in [0.5, 0.6) is 5.75 Å². The number of hydrogen-bond donors (Lipinski definition) is 1. The van der Waals surface area contributed by atoms with Crippen molar-refractivity contribution in [2.24, 2.45) is 5.92 Å². The van der Waals surface area contributed by atoms with Crippen LogP contribution in [-0.4, -0.2) is 42.7 Å². The lowest BCUT2D eigenvalue weighted by atomic mass is 10.1. The molecule has 4 heteroatoms. The van der Waals surface area contributed by atoms with E-state index in [4.69, 9.17) is 9.84 Å². The molecule has 1 aliphatic heterocycles. The number of nitrogens with zero attached hydrogens (tertiary/aromatic N) is 1. The van der Waals surface area contributed by atoms with Gasteiger partial charge in [-0.3, -0.25) is 4.79 Å². The number of aliphatic hydroxyl groups is 1. The molecule has 1 N–H and O–H groups in total. The topological polar surface area (TPSA) is 49.8 Å².